The second-order valence-corrected chi connectivity index (χ2v) is 5.71. The smallest absolute Gasteiger partial charge is 0.253 e. The van der Waals surface area contributed by atoms with Gasteiger partial charge in [-0.15, -0.1) is 0 Å². The number of hydrogen-bond acceptors (Lipinski definition) is 3. The molecule has 1 N–H and O–H groups in total. The van der Waals surface area contributed by atoms with Crippen LogP contribution in [0.2, 0.25) is 5.02 Å². The molecule has 0 unspecified atom stereocenters. The highest BCUT2D eigenvalue weighted by molar-refractivity contribution is 6.30. The van der Waals surface area contributed by atoms with Gasteiger partial charge in [-0.05, 0) is 36.4 Å². The van der Waals surface area contributed by atoms with E-state index in [1.54, 1.807) is 36.4 Å². The first-order chi connectivity index (χ1) is 10.6. The van der Waals surface area contributed by atoms with Crippen molar-refractivity contribution in [3.63, 3.8) is 0 Å². The van der Waals surface area contributed by atoms with Crippen molar-refractivity contribution in [1.29, 1.82) is 0 Å². The number of anilines is 1. The van der Waals surface area contributed by atoms with Crippen molar-refractivity contribution < 1.29 is 9.90 Å². The van der Waals surface area contributed by atoms with E-state index in [1.165, 1.54) is 0 Å². The van der Waals surface area contributed by atoms with Gasteiger partial charge in [-0.2, -0.15) is 0 Å². The number of hydrogen-bond donors (Lipinski definition) is 1. The Morgan fingerprint density at radius 1 is 0.955 bits per heavy atom. The Morgan fingerprint density at radius 3 is 2.23 bits per heavy atom. The van der Waals surface area contributed by atoms with Gasteiger partial charge in [0.1, 0.15) is 5.75 Å². The van der Waals surface area contributed by atoms with Gasteiger partial charge >= 0.3 is 0 Å². The number of phenols is 1. The highest BCUT2D eigenvalue weighted by Crippen LogP contribution is 2.27. The number of phenolic OH excluding ortho intramolecular Hbond substituents is 1. The summed E-state index contributed by atoms with van der Waals surface area (Å²) in [5, 5.41) is 10.5. The van der Waals surface area contributed by atoms with Crippen molar-refractivity contribution in [2.75, 3.05) is 31.1 Å². The summed E-state index contributed by atoms with van der Waals surface area (Å²) in [7, 11) is 0. The zero-order valence-corrected chi connectivity index (χ0v) is 12.8. The average Bonchev–Trinajstić information content (AvgIpc) is 2.56. The summed E-state index contributed by atoms with van der Waals surface area (Å²) in [6, 6.07) is 14.2. The van der Waals surface area contributed by atoms with Crippen LogP contribution in [-0.2, 0) is 0 Å². The van der Waals surface area contributed by atoms with Crippen molar-refractivity contribution in [3.8, 4) is 5.75 Å². The SMILES string of the molecule is O=C(c1ccc(Cl)cc1)N1CCN(c2ccccc2O)CC1. The molecule has 0 saturated carbocycles. The van der Waals surface area contributed by atoms with Crippen LogP contribution in [0, 0.1) is 0 Å². The number of amides is 1. The molecule has 22 heavy (non-hydrogen) atoms. The van der Waals surface area contributed by atoms with Crippen molar-refractivity contribution in [2.45, 2.75) is 0 Å². The van der Waals surface area contributed by atoms with E-state index >= 15 is 0 Å². The van der Waals surface area contributed by atoms with Crippen LogP contribution in [-0.4, -0.2) is 42.1 Å². The van der Waals surface area contributed by atoms with E-state index in [4.69, 9.17) is 11.6 Å². The lowest BCUT2D eigenvalue weighted by atomic mass is 10.1. The van der Waals surface area contributed by atoms with Gasteiger partial charge in [-0.3, -0.25) is 4.79 Å². The number of para-hydroxylation sites is 2. The molecule has 1 aliphatic rings. The van der Waals surface area contributed by atoms with Gasteiger partial charge in [0.25, 0.3) is 5.91 Å². The van der Waals surface area contributed by atoms with Gasteiger partial charge in [0.15, 0.2) is 0 Å². The fourth-order valence-electron chi connectivity index (χ4n) is 2.66. The maximum atomic E-state index is 12.4. The van der Waals surface area contributed by atoms with E-state index in [1.807, 2.05) is 17.0 Å². The van der Waals surface area contributed by atoms with E-state index in [9.17, 15) is 9.90 Å². The average molecular weight is 317 g/mol. The quantitative estimate of drug-likeness (QED) is 0.926. The molecular weight excluding hydrogens is 300 g/mol. The number of piperazine rings is 1. The van der Waals surface area contributed by atoms with E-state index < -0.39 is 0 Å². The minimum absolute atomic E-state index is 0.0219. The number of carbonyl (C=O) groups is 1. The van der Waals surface area contributed by atoms with Crippen LogP contribution in [0.1, 0.15) is 10.4 Å². The summed E-state index contributed by atoms with van der Waals surface area (Å²) in [5.41, 5.74) is 1.47. The maximum absolute atomic E-state index is 12.4. The first kappa shape index (κ1) is 14.7. The molecule has 4 nitrogen and oxygen atoms in total. The molecule has 2 aromatic carbocycles. The normalized spacial score (nSPS) is 15.0. The minimum Gasteiger partial charge on any atom is -0.506 e. The molecule has 0 aliphatic carbocycles. The van der Waals surface area contributed by atoms with Gasteiger partial charge in [0.2, 0.25) is 0 Å². The fraction of sp³-hybridized carbons (Fsp3) is 0.235. The van der Waals surface area contributed by atoms with Gasteiger partial charge in [-0.25, -0.2) is 0 Å². The molecule has 1 amide bonds. The van der Waals surface area contributed by atoms with Crippen LogP contribution >= 0.6 is 11.6 Å². The van der Waals surface area contributed by atoms with E-state index in [2.05, 4.69) is 4.90 Å². The number of rotatable bonds is 2. The predicted molar refractivity (Wildman–Crippen MR) is 87.7 cm³/mol. The molecule has 1 saturated heterocycles. The Kier molecular flexibility index (Phi) is 4.20. The highest BCUT2D eigenvalue weighted by atomic mass is 35.5. The van der Waals surface area contributed by atoms with Gasteiger partial charge < -0.3 is 14.9 Å². The van der Waals surface area contributed by atoms with Gasteiger partial charge in [0.05, 0.1) is 5.69 Å². The zero-order chi connectivity index (χ0) is 15.5. The molecule has 1 aliphatic heterocycles. The zero-order valence-electron chi connectivity index (χ0n) is 12.1. The third-order valence-corrected chi connectivity index (χ3v) is 4.13. The number of carbonyl (C=O) groups excluding carboxylic acids is 1. The summed E-state index contributed by atoms with van der Waals surface area (Å²) < 4.78 is 0. The molecule has 0 bridgehead atoms. The number of nitrogens with zero attached hydrogens (tertiary/aromatic N) is 2. The molecular formula is C17H17ClN2O2. The Bertz CT molecular complexity index is 665. The van der Waals surface area contributed by atoms with Gasteiger partial charge in [-0.1, -0.05) is 23.7 Å². The second-order valence-electron chi connectivity index (χ2n) is 5.27. The molecule has 2 aromatic rings. The summed E-state index contributed by atoms with van der Waals surface area (Å²) in [6.07, 6.45) is 0. The van der Waals surface area contributed by atoms with Crippen LogP contribution in [0.25, 0.3) is 0 Å². The van der Waals surface area contributed by atoms with E-state index in [0.29, 0.717) is 36.8 Å². The monoisotopic (exact) mass is 316 g/mol. The highest BCUT2D eigenvalue weighted by Gasteiger charge is 2.23. The lowest BCUT2D eigenvalue weighted by molar-refractivity contribution is 0.0747. The molecule has 1 fully saturated rings. The summed E-state index contributed by atoms with van der Waals surface area (Å²) >= 11 is 5.85. The van der Waals surface area contributed by atoms with Crippen LogP contribution < -0.4 is 4.90 Å². The third-order valence-electron chi connectivity index (χ3n) is 3.88. The lowest BCUT2D eigenvalue weighted by Crippen LogP contribution is -2.48. The van der Waals surface area contributed by atoms with E-state index in [-0.39, 0.29) is 11.7 Å². The van der Waals surface area contributed by atoms with E-state index in [0.717, 1.165) is 5.69 Å². The number of benzene rings is 2. The summed E-state index contributed by atoms with van der Waals surface area (Å²) in [4.78, 5) is 16.4. The summed E-state index contributed by atoms with van der Waals surface area (Å²) in [6.45, 7) is 2.68. The molecule has 0 atom stereocenters. The van der Waals surface area contributed by atoms with Crippen LogP contribution in [0.15, 0.2) is 48.5 Å². The van der Waals surface area contributed by atoms with Gasteiger partial charge in [0, 0.05) is 36.8 Å². The van der Waals surface area contributed by atoms with Crippen molar-refractivity contribution >= 4 is 23.2 Å². The standard InChI is InChI=1S/C17H17ClN2O2/c18-14-7-5-13(6-8-14)17(22)20-11-9-19(10-12-20)15-3-1-2-4-16(15)21/h1-8,21H,9-12H2. The molecule has 3 rings (SSSR count). The summed E-state index contributed by atoms with van der Waals surface area (Å²) in [5.74, 6) is 0.300. The van der Waals surface area contributed by atoms with Crippen LogP contribution in [0.3, 0.4) is 0 Å². The Morgan fingerprint density at radius 2 is 1.59 bits per heavy atom. The third kappa shape index (κ3) is 3.02. The Balaban J connectivity index is 1.65. The van der Waals surface area contributed by atoms with Crippen LogP contribution in [0.4, 0.5) is 5.69 Å². The maximum Gasteiger partial charge on any atom is 0.253 e. The topological polar surface area (TPSA) is 43.8 Å². The number of halogens is 1. The fourth-order valence-corrected chi connectivity index (χ4v) is 2.78. The first-order valence-electron chi connectivity index (χ1n) is 7.23. The van der Waals surface area contributed by atoms with Crippen molar-refractivity contribution in [2.24, 2.45) is 0 Å². The second kappa shape index (κ2) is 6.28. The van der Waals surface area contributed by atoms with Crippen molar-refractivity contribution in [1.82, 2.24) is 4.90 Å². The first-order valence-corrected chi connectivity index (χ1v) is 7.61. The Labute approximate surface area is 134 Å². The molecule has 5 heteroatoms. The molecule has 114 valence electrons. The predicted octanol–water partition coefficient (Wildman–Crippen LogP) is 3.01. The molecule has 1 heterocycles. The molecule has 0 aromatic heterocycles. The minimum atomic E-state index is 0.0219. The number of aromatic hydroxyl groups is 1. The molecule has 0 spiro atoms. The molecule has 0 radical (unpaired) electrons. The Hall–Kier alpha value is -2.20. The van der Waals surface area contributed by atoms with Crippen molar-refractivity contribution in [3.05, 3.63) is 59.1 Å². The van der Waals surface area contributed by atoms with Crippen LogP contribution in [0.5, 0.6) is 5.75 Å². The largest absolute Gasteiger partial charge is 0.506 e. The lowest BCUT2D eigenvalue weighted by Gasteiger charge is -2.36.